The Balaban J connectivity index is 1.77. The molecule has 0 spiro atoms. The molecule has 2 rings (SSSR count). The Bertz CT molecular complexity index is 760. The average Bonchev–Trinajstić information content (AvgIpc) is 3.14. The molecule has 0 fully saturated rings. The van der Waals surface area contributed by atoms with Gasteiger partial charge in [0.2, 0.25) is 5.91 Å². The molecule has 1 heterocycles. The predicted octanol–water partition coefficient (Wildman–Crippen LogP) is 1.54. The van der Waals surface area contributed by atoms with E-state index in [1.807, 2.05) is 45.0 Å². The van der Waals surface area contributed by atoms with Gasteiger partial charge in [-0.25, -0.2) is 4.68 Å². The van der Waals surface area contributed by atoms with Gasteiger partial charge in [-0.05, 0) is 32.9 Å². The highest BCUT2D eigenvalue weighted by Gasteiger charge is 2.15. The zero-order valence-corrected chi connectivity index (χ0v) is 17.0. The summed E-state index contributed by atoms with van der Waals surface area (Å²) in [6, 6.07) is 7.85. The number of nitrogens with one attached hydrogen (secondary N) is 2. The molecular formula is C18H25N5O4S. The SMILES string of the molecule is CCOC(Cn1cc(C(=O)NNC(=O)CSc2ccc(C)cc2)nn1)OCC. The fourth-order valence-corrected chi connectivity index (χ4v) is 2.88. The molecule has 2 amide bonds. The summed E-state index contributed by atoms with van der Waals surface area (Å²) in [5, 5.41) is 7.68. The lowest BCUT2D eigenvalue weighted by Gasteiger charge is -2.16. The van der Waals surface area contributed by atoms with Crippen molar-refractivity contribution in [2.75, 3.05) is 19.0 Å². The smallest absolute Gasteiger partial charge is 0.291 e. The van der Waals surface area contributed by atoms with Crippen LogP contribution in [-0.2, 0) is 20.8 Å². The molecule has 1 aromatic heterocycles. The van der Waals surface area contributed by atoms with Gasteiger partial charge in [0.1, 0.15) is 0 Å². The van der Waals surface area contributed by atoms with E-state index in [4.69, 9.17) is 9.47 Å². The molecule has 0 saturated carbocycles. The van der Waals surface area contributed by atoms with Crippen molar-refractivity contribution in [1.82, 2.24) is 25.8 Å². The second-order valence-corrected chi connectivity index (χ2v) is 6.82. The van der Waals surface area contributed by atoms with Crippen molar-refractivity contribution in [2.45, 2.75) is 38.5 Å². The number of amides is 2. The summed E-state index contributed by atoms with van der Waals surface area (Å²) < 4.78 is 12.3. The van der Waals surface area contributed by atoms with Crippen molar-refractivity contribution >= 4 is 23.6 Å². The van der Waals surface area contributed by atoms with Crippen LogP contribution in [0.1, 0.15) is 29.9 Å². The topological polar surface area (TPSA) is 107 Å². The Hall–Kier alpha value is -2.43. The minimum atomic E-state index is -0.552. The lowest BCUT2D eigenvalue weighted by molar-refractivity contribution is -0.145. The maximum absolute atomic E-state index is 12.1. The highest BCUT2D eigenvalue weighted by atomic mass is 32.2. The highest BCUT2D eigenvalue weighted by molar-refractivity contribution is 8.00. The van der Waals surface area contributed by atoms with Gasteiger partial charge in [0.25, 0.3) is 5.91 Å². The molecule has 28 heavy (non-hydrogen) atoms. The van der Waals surface area contributed by atoms with Crippen LogP contribution in [0.4, 0.5) is 0 Å². The van der Waals surface area contributed by atoms with E-state index >= 15 is 0 Å². The summed E-state index contributed by atoms with van der Waals surface area (Å²) in [6.45, 7) is 7.04. The summed E-state index contributed by atoms with van der Waals surface area (Å²) in [6.07, 6.45) is 0.999. The number of thioether (sulfide) groups is 1. The molecule has 0 radical (unpaired) electrons. The first-order valence-corrected chi connectivity index (χ1v) is 9.92. The third-order valence-electron chi connectivity index (χ3n) is 3.52. The van der Waals surface area contributed by atoms with Crippen LogP contribution in [0.2, 0.25) is 0 Å². The van der Waals surface area contributed by atoms with E-state index in [0.29, 0.717) is 19.8 Å². The number of aromatic nitrogens is 3. The van der Waals surface area contributed by atoms with Crippen molar-refractivity contribution < 1.29 is 19.1 Å². The van der Waals surface area contributed by atoms with E-state index in [-0.39, 0.29) is 17.4 Å². The molecule has 0 aliphatic heterocycles. The zero-order valence-electron chi connectivity index (χ0n) is 16.2. The van der Waals surface area contributed by atoms with Crippen molar-refractivity contribution in [3.05, 3.63) is 41.7 Å². The predicted molar refractivity (Wildman–Crippen MR) is 105 cm³/mol. The molecule has 2 N–H and O–H groups in total. The van der Waals surface area contributed by atoms with Crippen LogP contribution in [-0.4, -0.2) is 52.1 Å². The molecule has 0 aliphatic rings. The van der Waals surface area contributed by atoms with E-state index in [0.717, 1.165) is 10.5 Å². The number of hydrogen-bond acceptors (Lipinski definition) is 7. The number of aryl methyl sites for hydroxylation is 1. The number of carbonyl (C=O) groups excluding carboxylic acids is 2. The number of nitrogens with zero attached hydrogens (tertiary/aromatic N) is 3. The van der Waals surface area contributed by atoms with Gasteiger partial charge < -0.3 is 9.47 Å². The van der Waals surface area contributed by atoms with Crippen molar-refractivity contribution in [3.63, 3.8) is 0 Å². The minimum Gasteiger partial charge on any atom is -0.351 e. The summed E-state index contributed by atoms with van der Waals surface area (Å²) in [5.41, 5.74) is 5.94. The lowest BCUT2D eigenvalue weighted by Crippen LogP contribution is -2.42. The van der Waals surface area contributed by atoms with Crippen molar-refractivity contribution in [3.8, 4) is 0 Å². The van der Waals surface area contributed by atoms with Crippen LogP contribution in [0.5, 0.6) is 0 Å². The second kappa shape index (κ2) is 11.4. The summed E-state index contributed by atoms with van der Waals surface area (Å²) >= 11 is 1.38. The highest BCUT2D eigenvalue weighted by Crippen LogP contribution is 2.17. The van der Waals surface area contributed by atoms with Gasteiger partial charge in [-0.2, -0.15) is 0 Å². The van der Waals surface area contributed by atoms with Crippen LogP contribution in [0.3, 0.4) is 0 Å². The molecule has 1 aromatic carbocycles. The Morgan fingerprint density at radius 1 is 1.14 bits per heavy atom. The van der Waals surface area contributed by atoms with Crippen LogP contribution in [0.15, 0.2) is 35.4 Å². The summed E-state index contributed by atoms with van der Waals surface area (Å²) in [7, 11) is 0. The second-order valence-electron chi connectivity index (χ2n) is 5.77. The molecular weight excluding hydrogens is 382 g/mol. The monoisotopic (exact) mass is 407 g/mol. The number of rotatable bonds is 10. The number of hydrogen-bond donors (Lipinski definition) is 2. The Kier molecular flexibility index (Phi) is 8.92. The Labute approximate surface area is 168 Å². The fourth-order valence-electron chi connectivity index (χ4n) is 2.18. The largest absolute Gasteiger partial charge is 0.351 e. The molecule has 0 bridgehead atoms. The molecule has 2 aromatic rings. The van der Waals surface area contributed by atoms with Crippen LogP contribution < -0.4 is 10.9 Å². The summed E-state index contributed by atoms with van der Waals surface area (Å²) in [5.74, 6) is -0.691. The number of benzene rings is 1. The third-order valence-corrected chi connectivity index (χ3v) is 4.53. The molecule has 0 atom stereocenters. The van der Waals surface area contributed by atoms with Crippen molar-refractivity contribution in [2.24, 2.45) is 0 Å². The Morgan fingerprint density at radius 2 is 1.82 bits per heavy atom. The molecule has 152 valence electrons. The maximum Gasteiger partial charge on any atom is 0.291 e. The molecule has 0 unspecified atom stereocenters. The first kappa shape index (κ1) is 21.9. The molecule has 10 heteroatoms. The summed E-state index contributed by atoms with van der Waals surface area (Å²) in [4.78, 5) is 25.0. The number of hydrazine groups is 1. The average molecular weight is 407 g/mol. The lowest BCUT2D eigenvalue weighted by atomic mass is 10.2. The molecule has 9 nitrogen and oxygen atoms in total. The molecule has 0 saturated heterocycles. The van der Waals surface area contributed by atoms with Gasteiger partial charge in [-0.3, -0.25) is 20.4 Å². The van der Waals surface area contributed by atoms with E-state index in [1.165, 1.54) is 22.6 Å². The normalized spacial score (nSPS) is 10.9. The van der Waals surface area contributed by atoms with Crippen LogP contribution in [0.25, 0.3) is 0 Å². The number of carbonyl (C=O) groups is 2. The first-order chi connectivity index (χ1) is 13.5. The van der Waals surface area contributed by atoms with Gasteiger partial charge in [-0.1, -0.05) is 22.9 Å². The Morgan fingerprint density at radius 3 is 2.46 bits per heavy atom. The maximum atomic E-state index is 12.1. The molecule has 0 aliphatic carbocycles. The van der Waals surface area contributed by atoms with Gasteiger partial charge in [0.05, 0.1) is 18.5 Å². The van der Waals surface area contributed by atoms with Gasteiger partial charge in [0, 0.05) is 18.1 Å². The van der Waals surface area contributed by atoms with Gasteiger partial charge in [-0.15, -0.1) is 16.9 Å². The van der Waals surface area contributed by atoms with Gasteiger partial charge in [0.15, 0.2) is 12.0 Å². The zero-order chi connectivity index (χ0) is 20.4. The first-order valence-electron chi connectivity index (χ1n) is 8.93. The van der Waals surface area contributed by atoms with Crippen LogP contribution >= 0.6 is 11.8 Å². The standard InChI is InChI=1S/C18H25N5O4S/c1-4-26-17(27-5-2)11-23-10-15(19-22-23)18(25)21-20-16(24)12-28-14-8-6-13(3)7-9-14/h6-10,17H,4-5,11-12H2,1-3H3,(H,20,24)(H,21,25). The number of ether oxygens (including phenoxy) is 2. The quantitative estimate of drug-likeness (QED) is 0.349. The van der Waals surface area contributed by atoms with Gasteiger partial charge >= 0.3 is 0 Å². The van der Waals surface area contributed by atoms with E-state index in [9.17, 15) is 9.59 Å². The van der Waals surface area contributed by atoms with Crippen LogP contribution in [0, 0.1) is 6.92 Å². The third kappa shape index (κ3) is 7.29. The fraction of sp³-hybridized carbons (Fsp3) is 0.444. The van der Waals surface area contributed by atoms with E-state index < -0.39 is 12.2 Å². The van der Waals surface area contributed by atoms with E-state index in [1.54, 1.807) is 0 Å². The minimum absolute atomic E-state index is 0.0817. The van der Waals surface area contributed by atoms with E-state index in [2.05, 4.69) is 21.2 Å². The van der Waals surface area contributed by atoms with Crippen molar-refractivity contribution in [1.29, 1.82) is 0 Å².